The van der Waals surface area contributed by atoms with Crippen molar-refractivity contribution >= 4 is 5.69 Å². The number of hydrazine groups is 1. The summed E-state index contributed by atoms with van der Waals surface area (Å²) in [4.78, 5) is 0. The minimum absolute atomic E-state index is 0.503. The lowest BCUT2D eigenvalue weighted by Crippen LogP contribution is -2.27. The lowest BCUT2D eigenvalue weighted by atomic mass is 10.0. The van der Waals surface area contributed by atoms with Crippen LogP contribution in [0, 0.1) is 6.92 Å². The molecule has 28 heavy (non-hydrogen) atoms. The summed E-state index contributed by atoms with van der Waals surface area (Å²) in [7, 11) is 1.87. The molecule has 1 fully saturated rings. The average molecular weight is 374 g/mol. The summed E-state index contributed by atoms with van der Waals surface area (Å²) >= 11 is 0. The zero-order valence-corrected chi connectivity index (χ0v) is 16.4. The van der Waals surface area contributed by atoms with Crippen molar-refractivity contribution in [1.82, 2.24) is 0 Å². The average Bonchev–Trinajstić information content (AvgIpc) is 3.53. The molecule has 4 nitrogen and oxygen atoms in total. The first-order valence-corrected chi connectivity index (χ1v) is 9.68. The van der Waals surface area contributed by atoms with E-state index in [1.54, 1.807) is 5.01 Å². The maximum atomic E-state index is 6.20. The fourth-order valence-corrected chi connectivity index (χ4v) is 3.48. The van der Waals surface area contributed by atoms with Crippen molar-refractivity contribution in [3.63, 3.8) is 0 Å². The minimum Gasteiger partial charge on any atom is -0.489 e. The van der Waals surface area contributed by atoms with Crippen LogP contribution >= 0.6 is 0 Å². The monoisotopic (exact) mass is 374 g/mol. The number of ether oxygens (including phenoxy) is 2. The highest BCUT2D eigenvalue weighted by Crippen LogP contribution is 2.43. The normalized spacial score (nSPS) is 13.2. The van der Waals surface area contributed by atoms with Gasteiger partial charge >= 0.3 is 0 Å². The molecule has 0 aromatic heterocycles. The van der Waals surface area contributed by atoms with Gasteiger partial charge in [-0.3, -0.25) is 0 Å². The van der Waals surface area contributed by atoms with E-state index in [4.69, 9.17) is 15.3 Å². The largest absolute Gasteiger partial charge is 0.489 e. The summed E-state index contributed by atoms with van der Waals surface area (Å²) in [5.41, 5.74) is 4.60. The predicted molar refractivity (Wildman–Crippen MR) is 113 cm³/mol. The van der Waals surface area contributed by atoms with Crippen molar-refractivity contribution in [3.8, 4) is 17.2 Å². The summed E-state index contributed by atoms with van der Waals surface area (Å²) in [5.74, 6) is 9.18. The van der Waals surface area contributed by atoms with E-state index in [-0.39, 0.29) is 0 Å². The Kier molecular flexibility index (Phi) is 5.22. The highest BCUT2D eigenvalue weighted by atomic mass is 16.5. The molecule has 2 N–H and O–H groups in total. The van der Waals surface area contributed by atoms with Crippen LogP contribution in [0.2, 0.25) is 0 Å². The molecule has 1 saturated carbocycles. The number of hydrogen-bond acceptors (Lipinski definition) is 4. The molecule has 0 aliphatic heterocycles. The van der Waals surface area contributed by atoms with Crippen molar-refractivity contribution in [2.45, 2.75) is 32.3 Å². The Balaban J connectivity index is 1.51. The zero-order chi connectivity index (χ0) is 19.5. The Morgan fingerprint density at radius 2 is 1.75 bits per heavy atom. The van der Waals surface area contributed by atoms with Gasteiger partial charge in [0.25, 0.3) is 0 Å². The fraction of sp³-hybridized carbons (Fsp3) is 0.250. The van der Waals surface area contributed by atoms with Gasteiger partial charge in [-0.25, -0.2) is 5.84 Å². The SMILES string of the molecule is Cc1cc(Oc2ccccc2)ccc1OCc1c(C2CC2)cccc1N(C)N. The summed E-state index contributed by atoms with van der Waals surface area (Å²) in [6.07, 6.45) is 2.49. The molecule has 0 spiro atoms. The van der Waals surface area contributed by atoms with E-state index in [1.165, 1.54) is 24.0 Å². The first kappa shape index (κ1) is 18.4. The van der Waals surface area contributed by atoms with Gasteiger partial charge in [0, 0.05) is 12.6 Å². The molecule has 0 heterocycles. The van der Waals surface area contributed by atoms with Gasteiger partial charge in [0.05, 0.1) is 5.69 Å². The van der Waals surface area contributed by atoms with E-state index in [1.807, 2.05) is 68.6 Å². The molecule has 4 rings (SSSR count). The molecule has 144 valence electrons. The van der Waals surface area contributed by atoms with Crippen LogP contribution in [0.4, 0.5) is 5.69 Å². The minimum atomic E-state index is 0.503. The second-order valence-electron chi connectivity index (χ2n) is 7.36. The Bertz CT molecular complexity index is 930. The van der Waals surface area contributed by atoms with E-state index < -0.39 is 0 Å². The maximum absolute atomic E-state index is 6.20. The van der Waals surface area contributed by atoms with Gasteiger partial charge in [0.1, 0.15) is 23.9 Å². The molecule has 1 aliphatic rings. The number of nitrogens with two attached hydrogens (primary N) is 1. The molecular weight excluding hydrogens is 348 g/mol. The molecule has 1 aliphatic carbocycles. The fourth-order valence-electron chi connectivity index (χ4n) is 3.48. The lowest BCUT2D eigenvalue weighted by Gasteiger charge is -2.21. The Morgan fingerprint density at radius 1 is 0.964 bits per heavy atom. The third-order valence-electron chi connectivity index (χ3n) is 5.08. The molecule has 0 amide bonds. The van der Waals surface area contributed by atoms with Crippen LogP contribution in [0.5, 0.6) is 17.2 Å². The summed E-state index contributed by atoms with van der Waals surface area (Å²) in [6, 6.07) is 22.0. The van der Waals surface area contributed by atoms with Gasteiger partial charge in [-0.05, 0) is 73.2 Å². The third-order valence-corrected chi connectivity index (χ3v) is 5.08. The second-order valence-corrected chi connectivity index (χ2v) is 7.36. The van der Waals surface area contributed by atoms with Crippen LogP contribution in [0.3, 0.4) is 0 Å². The lowest BCUT2D eigenvalue weighted by molar-refractivity contribution is 0.302. The second kappa shape index (κ2) is 7.95. The van der Waals surface area contributed by atoms with E-state index in [2.05, 4.69) is 12.1 Å². The Hall–Kier alpha value is -2.98. The quantitative estimate of drug-likeness (QED) is 0.435. The summed E-state index contributed by atoms with van der Waals surface area (Å²) < 4.78 is 12.1. The number of benzene rings is 3. The topological polar surface area (TPSA) is 47.7 Å². The van der Waals surface area contributed by atoms with Crippen LogP contribution < -0.4 is 20.3 Å². The van der Waals surface area contributed by atoms with E-state index in [0.29, 0.717) is 12.5 Å². The van der Waals surface area contributed by atoms with Gasteiger partial charge in [-0.2, -0.15) is 0 Å². The number of hydrogen-bond donors (Lipinski definition) is 1. The van der Waals surface area contributed by atoms with E-state index in [0.717, 1.165) is 28.5 Å². The van der Waals surface area contributed by atoms with Crippen molar-refractivity contribution in [1.29, 1.82) is 0 Å². The van der Waals surface area contributed by atoms with Gasteiger partial charge < -0.3 is 14.5 Å². The Labute approximate surface area is 166 Å². The van der Waals surface area contributed by atoms with Crippen LogP contribution in [-0.4, -0.2) is 7.05 Å². The van der Waals surface area contributed by atoms with E-state index >= 15 is 0 Å². The number of para-hydroxylation sites is 1. The Morgan fingerprint density at radius 3 is 2.43 bits per heavy atom. The first-order chi connectivity index (χ1) is 13.6. The molecule has 3 aromatic carbocycles. The van der Waals surface area contributed by atoms with Crippen LogP contribution in [-0.2, 0) is 6.61 Å². The third kappa shape index (κ3) is 4.12. The molecule has 0 saturated heterocycles. The molecule has 4 heteroatoms. The maximum Gasteiger partial charge on any atom is 0.127 e. The highest BCUT2D eigenvalue weighted by molar-refractivity contribution is 5.57. The molecule has 3 aromatic rings. The molecule has 0 radical (unpaired) electrons. The van der Waals surface area contributed by atoms with Gasteiger partial charge in [0.2, 0.25) is 0 Å². The van der Waals surface area contributed by atoms with Crippen molar-refractivity contribution in [3.05, 3.63) is 83.4 Å². The summed E-state index contributed by atoms with van der Waals surface area (Å²) in [5, 5.41) is 1.67. The van der Waals surface area contributed by atoms with Crippen molar-refractivity contribution in [2.75, 3.05) is 12.1 Å². The van der Waals surface area contributed by atoms with Crippen molar-refractivity contribution in [2.24, 2.45) is 5.84 Å². The predicted octanol–water partition coefficient (Wildman–Crippen LogP) is 5.55. The molecule has 0 unspecified atom stereocenters. The van der Waals surface area contributed by atoms with E-state index in [9.17, 15) is 0 Å². The number of nitrogens with zero attached hydrogens (tertiary/aromatic N) is 1. The zero-order valence-electron chi connectivity index (χ0n) is 16.4. The van der Waals surface area contributed by atoms with Crippen LogP contribution in [0.15, 0.2) is 66.7 Å². The van der Waals surface area contributed by atoms with Gasteiger partial charge in [0.15, 0.2) is 0 Å². The van der Waals surface area contributed by atoms with Gasteiger partial charge in [-0.1, -0.05) is 30.3 Å². The number of aryl methyl sites for hydroxylation is 1. The van der Waals surface area contributed by atoms with Crippen LogP contribution in [0.1, 0.15) is 35.4 Å². The highest BCUT2D eigenvalue weighted by Gasteiger charge is 2.27. The molecular formula is C24H26N2O2. The smallest absolute Gasteiger partial charge is 0.127 e. The number of rotatable bonds is 7. The van der Waals surface area contributed by atoms with Crippen molar-refractivity contribution < 1.29 is 9.47 Å². The summed E-state index contributed by atoms with van der Waals surface area (Å²) in [6.45, 7) is 2.54. The first-order valence-electron chi connectivity index (χ1n) is 9.68. The standard InChI is InChI=1S/C24H26N2O2/c1-17-15-20(28-19-7-4-3-5-8-19)13-14-24(17)27-16-22-21(18-11-12-18)9-6-10-23(22)26(2)25/h3-10,13-15,18H,11-12,16,25H2,1-2H3. The molecule has 0 atom stereocenters. The van der Waals surface area contributed by atoms with Gasteiger partial charge in [-0.15, -0.1) is 0 Å². The molecule has 0 bridgehead atoms. The number of anilines is 1. The van der Waals surface area contributed by atoms with Crippen LogP contribution in [0.25, 0.3) is 0 Å².